The summed E-state index contributed by atoms with van der Waals surface area (Å²) in [5.41, 5.74) is 2.43. The minimum Gasteiger partial charge on any atom is -0.345 e. The maximum absolute atomic E-state index is 4.18. The van der Waals surface area contributed by atoms with Crippen molar-refractivity contribution in [2.24, 2.45) is 0 Å². The lowest BCUT2D eigenvalue weighted by atomic mass is 10.2. The number of H-pyrrole nitrogens is 1. The van der Waals surface area contributed by atoms with Gasteiger partial charge in [0.2, 0.25) is 0 Å². The molecule has 0 atom stereocenters. The van der Waals surface area contributed by atoms with Gasteiger partial charge in [0, 0.05) is 36.9 Å². The third-order valence-electron chi connectivity index (χ3n) is 3.66. The number of rotatable bonds is 3. The molecule has 4 aromatic rings. The average molecular weight is 316 g/mol. The van der Waals surface area contributed by atoms with E-state index in [4.69, 9.17) is 0 Å². The van der Waals surface area contributed by atoms with Crippen LogP contribution in [-0.4, -0.2) is 19.5 Å². The average Bonchev–Trinajstić information content (AvgIpc) is 3.30. The summed E-state index contributed by atoms with van der Waals surface area (Å²) in [6.45, 7) is 2.93. The molecule has 4 nitrogen and oxygen atoms in total. The van der Waals surface area contributed by atoms with Gasteiger partial charge >= 0.3 is 0 Å². The van der Waals surface area contributed by atoms with Gasteiger partial charge in [0.15, 0.2) is 0 Å². The molecule has 120 valence electrons. The summed E-state index contributed by atoms with van der Waals surface area (Å²) >= 11 is 0. The van der Waals surface area contributed by atoms with Crippen molar-refractivity contribution in [1.29, 1.82) is 0 Å². The van der Waals surface area contributed by atoms with Crippen molar-refractivity contribution in [3.63, 3.8) is 0 Å². The second kappa shape index (κ2) is 7.92. The van der Waals surface area contributed by atoms with E-state index in [2.05, 4.69) is 43.8 Å². The normalized spacial score (nSPS) is 10.0. The predicted octanol–water partition coefficient (Wildman–Crippen LogP) is 4.32. The first-order valence-electron chi connectivity index (χ1n) is 7.89. The Bertz CT molecular complexity index is 834. The predicted molar refractivity (Wildman–Crippen MR) is 96.5 cm³/mol. The van der Waals surface area contributed by atoms with Crippen molar-refractivity contribution in [2.45, 2.75) is 13.5 Å². The van der Waals surface area contributed by atoms with Crippen molar-refractivity contribution < 1.29 is 0 Å². The Hall–Kier alpha value is -3.14. The molecule has 24 heavy (non-hydrogen) atoms. The standard InChI is InChI=1S/C11H12N2.C9H8N2/c1-10-12-7-8-13(10)9-11-5-3-2-4-6-11;1-2-4-8(5-3-1)9-10-6-7-11-9/h2-8H,9H2,1H3;1-7H,(H,10,11). The maximum atomic E-state index is 4.18. The zero-order valence-corrected chi connectivity index (χ0v) is 13.6. The molecule has 0 unspecified atom stereocenters. The van der Waals surface area contributed by atoms with Crippen molar-refractivity contribution in [1.82, 2.24) is 19.5 Å². The van der Waals surface area contributed by atoms with Gasteiger partial charge in [-0.2, -0.15) is 0 Å². The van der Waals surface area contributed by atoms with E-state index < -0.39 is 0 Å². The number of imidazole rings is 2. The van der Waals surface area contributed by atoms with Crippen molar-refractivity contribution in [3.8, 4) is 11.4 Å². The summed E-state index contributed by atoms with van der Waals surface area (Å²) in [5.74, 6) is 1.98. The smallest absolute Gasteiger partial charge is 0.137 e. The van der Waals surface area contributed by atoms with Gasteiger partial charge in [-0.25, -0.2) is 9.97 Å². The molecule has 4 rings (SSSR count). The van der Waals surface area contributed by atoms with Crippen LogP contribution in [-0.2, 0) is 6.54 Å². The van der Waals surface area contributed by atoms with E-state index in [-0.39, 0.29) is 0 Å². The molecule has 4 heteroatoms. The minimum absolute atomic E-state index is 0.909. The summed E-state index contributed by atoms with van der Waals surface area (Å²) in [6.07, 6.45) is 7.41. The topological polar surface area (TPSA) is 46.5 Å². The molecular formula is C20H20N4. The Kier molecular flexibility index (Phi) is 5.20. The van der Waals surface area contributed by atoms with E-state index in [9.17, 15) is 0 Å². The molecule has 0 aliphatic heterocycles. The molecule has 0 aliphatic rings. The lowest BCUT2D eigenvalue weighted by molar-refractivity contribution is 0.762. The minimum atomic E-state index is 0.909. The Morgan fingerprint density at radius 3 is 2.17 bits per heavy atom. The summed E-state index contributed by atoms with van der Waals surface area (Å²) < 4.78 is 2.13. The highest BCUT2D eigenvalue weighted by Crippen LogP contribution is 2.11. The first kappa shape index (κ1) is 15.7. The number of nitrogens with one attached hydrogen (secondary N) is 1. The molecule has 0 saturated carbocycles. The summed E-state index contributed by atoms with van der Waals surface area (Å²) in [6, 6.07) is 20.4. The van der Waals surface area contributed by atoms with E-state index in [1.807, 2.05) is 61.9 Å². The Morgan fingerprint density at radius 2 is 1.58 bits per heavy atom. The molecule has 0 saturated heterocycles. The van der Waals surface area contributed by atoms with Gasteiger partial charge in [-0.05, 0) is 12.5 Å². The molecule has 0 aliphatic carbocycles. The zero-order valence-electron chi connectivity index (χ0n) is 13.6. The summed E-state index contributed by atoms with van der Waals surface area (Å²) in [4.78, 5) is 11.3. The zero-order chi connectivity index (χ0) is 16.6. The van der Waals surface area contributed by atoms with Crippen molar-refractivity contribution >= 4 is 0 Å². The molecule has 1 N–H and O–H groups in total. The Labute approximate surface area is 141 Å². The van der Waals surface area contributed by atoms with E-state index in [1.54, 1.807) is 6.20 Å². The van der Waals surface area contributed by atoms with Gasteiger partial charge in [-0.3, -0.25) is 0 Å². The van der Waals surface area contributed by atoms with E-state index in [0.717, 1.165) is 23.8 Å². The highest BCUT2D eigenvalue weighted by atomic mass is 15.0. The van der Waals surface area contributed by atoms with E-state index in [0.29, 0.717) is 0 Å². The van der Waals surface area contributed by atoms with Crippen LogP contribution in [0, 0.1) is 6.92 Å². The van der Waals surface area contributed by atoms with Crippen molar-refractivity contribution in [3.05, 3.63) is 96.8 Å². The third-order valence-corrected chi connectivity index (χ3v) is 3.66. The molecule has 2 aromatic heterocycles. The number of aryl methyl sites for hydroxylation is 1. The van der Waals surface area contributed by atoms with Gasteiger partial charge in [0.25, 0.3) is 0 Å². The van der Waals surface area contributed by atoms with Gasteiger partial charge in [0.1, 0.15) is 11.6 Å². The van der Waals surface area contributed by atoms with Crippen LogP contribution in [0.2, 0.25) is 0 Å². The second-order valence-corrected chi connectivity index (χ2v) is 5.39. The fourth-order valence-electron chi connectivity index (χ4n) is 2.37. The number of nitrogens with zero attached hydrogens (tertiary/aromatic N) is 3. The van der Waals surface area contributed by atoms with Gasteiger partial charge < -0.3 is 9.55 Å². The van der Waals surface area contributed by atoms with Crippen LogP contribution in [0.4, 0.5) is 0 Å². The second-order valence-electron chi connectivity index (χ2n) is 5.39. The van der Waals surface area contributed by atoms with Crippen LogP contribution in [0.5, 0.6) is 0 Å². The fraction of sp³-hybridized carbons (Fsp3) is 0.100. The molecule has 2 aromatic carbocycles. The lowest BCUT2D eigenvalue weighted by Crippen LogP contribution is -1.99. The van der Waals surface area contributed by atoms with Crippen LogP contribution in [0.15, 0.2) is 85.5 Å². The van der Waals surface area contributed by atoms with Crippen LogP contribution in [0.3, 0.4) is 0 Å². The molecule has 0 amide bonds. The first-order valence-corrected chi connectivity index (χ1v) is 7.89. The molecule has 0 fully saturated rings. The van der Waals surface area contributed by atoms with E-state index in [1.165, 1.54) is 5.56 Å². The van der Waals surface area contributed by atoms with Crippen LogP contribution in [0.1, 0.15) is 11.4 Å². The monoisotopic (exact) mass is 316 g/mol. The number of aromatic nitrogens is 4. The van der Waals surface area contributed by atoms with Gasteiger partial charge in [0.05, 0.1) is 0 Å². The number of aromatic amines is 1. The fourth-order valence-corrected chi connectivity index (χ4v) is 2.37. The molecule has 0 spiro atoms. The van der Waals surface area contributed by atoms with Gasteiger partial charge in [-0.15, -0.1) is 0 Å². The summed E-state index contributed by atoms with van der Waals surface area (Å²) in [7, 11) is 0. The first-order chi connectivity index (χ1) is 11.8. The Balaban J connectivity index is 0.000000143. The van der Waals surface area contributed by atoms with Crippen molar-refractivity contribution in [2.75, 3.05) is 0 Å². The van der Waals surface area contributed by atoms with Crippen LogP contribution < -0.4 is 0 Å². The molecule has 0 bridgehead atoms. The highest BCUT2D eigenvalue weighted by molar-refractivity contribution is 5.53. The van der Waals surface area contributed by atoms with Gasteiger partial charge in [-0.1, -0.05) is 60.7 Å². The van der Waals surface area contributed by atoms with Crippen LogP contribution >= 0.6 is 0 Å². The lowest BCUT2D eigenvalue weighted by Gasteiger charge is -2.03. The number of hydrogen-bond donors (Lipinski definition) is 1. The largest absolute Gasteiger partial charge is 0.345 e. The SMILES string of the molecule is Cc1nccn1Cc1ccccc1.c1ccc(-c2ncc[nH]2)cc1. The summed E-state index contributed by atoms with van der Waals surface area (Å²) in [5, 5.41) is 0. The highest BCUT2D eigenvalue weighted by Gasteiger charge is 1.97. The maximum Gasteiger partial charge on any atom is 0.137 e. The molecule has 2 heterocycles. The van der Waals surface area contributed by atoms with Crippen LogP contribution in [0.25, 0.3) is 11.4 Å². The molecule has 0 radical (unpaired) electrons. The quantitative estimate of drug-likeness (QED) is 0.612. The Morgan fingerprint density at radius 1 is 0.875 bits per heavy atom. The number of hydrogen-bond acceptors (Lipinski definition) is 2. The molecular weight excluding hydrogens is 296 g/mol. The van der Waals surface area contributed by atoms with E-state index >= 15 is 0 Å². The number of benzene rings is 2. The third kappa shape index (κ3) is 4.20.